The summed E-state index contributed by atoms with van der Waals surface area (Å²) in [6.07, 6.45) is 4.30. The Bertz CT molecular complexity index is 436. The van der Waals surface area contributed by atoms with Crippen molar-refractivity contribution in [2.24, 2.45) is 0 Å². The third-order valence-corrected chi connectivity index (χ3v) is 3.89. The van der Waals surface area contributed by atoms with Gasteiger partial charge in [0.2, 0.25) is 0 Å². The minimum atomic E-state index is -0.397. The molecule has 3 unspecified atom stereocenters. The summed E-state index contributed by atoms with van der Waals surface area (Å²) in [5, 5.41) is 3.40. The highest BCUT2D eigenvalue weighted by atomic mass is 19.1. The van der Waals surface area contributed by atoms with Gasteiger partial charge in [0.1, 0.15) is 11.6 Å². The first kappa shape index (κ1) is 15.4. The average Bonchev–Trinajstić information content (AvgIpc) is 2.42. The van der Waals surface area contributed by atoms with Crippen LogP contribution in [0.1, 0.15) is 51.1 Å². The lowest BCUT2D eigenvalue weighted by molar-refractivity contribution is -0.00478. The molecule has 20 heavy (non-hydrogen) atoms. The Labute approximate surface area is 119 Å². The zero-order valence-corrected chi connectivity index (χ0v) is 12.2. The lowest BCUT2D eigenvalue weighted by Crippen LogP contribution is -2.40. The molecule has 4 heteroatoms. The van der Waals surface area contributed by atoms with E-state index in [1.54, 1.807) is 0 Å². The molecule has 0 amide bonds. The van der Waals surface area contributed by atoms with Gasteiger partial charge in [-0.3, -0.25) is 0 Å². The number of benzene rings is 1. The van der Waals surface area contributed by atoms with Crippen molar-refractivity contribution in [1.29, 1.82) is 0 Å². The predicted molar refractivity (Wildman–Crippen MR) is 75.6 cm³/mol. The minimum Gasteiger partial charge on any atom is -0.378 e. The lowest BCUT2D eigenvalue weighted by atomic mass is 9.98. The molecule has 0 aliphatic carbocycles. The average molecular weight is 283 g/mol. The number of hydrogen-bond acceptors (Lipinski definition) is 2. The maximum absolute atomic E-state index is 13.7. The third-order valence-electron chi connectivity index (χ3n) is 3.89. The van der Waals surface area contributed by atoms with Crippen molar-refractivity contribution in [1.82, 2.24) is 5.32 Å². The summed E-state index contributed by atoms with van der Waals surface area (Å²) in [6.45, 7) is 4.76. The van der Waals surface area contributed by atoms with Crippen LogP contribution < -0.4 is 5.32 Å². The second-order valence-electron chi connectivity index (χ2n) is 5.56. The lowest BCUT2D eigenvalue weighted by Gasteiger charge is -2.32. The molecule has 1 aliphatic heterocycles. The largest absolute Gasteiger partial charge is 0.378 e. The second kappa shape index (κ2) is 7.14. The molecule has 3 atom stereocenters. The van der Waals surface area contributed by atoms with E-state index in [1.807, 2.05) is 6.92 Å². The van der Waals surface area contributed by atoms with Crippen molar-refractivity contribution in [3.8, 4) is 0 Å². The molecule has 1 N–H and O–H groups in total. The molecule has 0 bridgehead atoms. The molecule has 0 saturated carbocycles. The summed E-state index contributed by atoms with van der Waals surface area (Å²) in [7, 11) is 0. The summed E-state index contributed by atoms with van der Waals surface area (Å²) in [4.78, 5) is 0. The van der Waals surface area contributed by atoms with Gasteiger partial charge in [0, 0.05) is 24.3 Å². The van der Waals surface area contributed by atoms with Gasteiger partial charge in [-0.2, -0.15) is 0 Å². The quantitative estimate of drug-likeness (QED) is 0.883. The van der Waals surface area contributed by atoms with E-state index < -0.39 is 5.82 Å². The van der Waals surface area contributed by atoms with Crippen molar-refractivity contribution in [3.63, 3.8) is 0 Å². The van der Waals surface area contributed by atoms with Gasteiger partial charge < -0.3 is 10.1 Å². The second-order valence-corrected chi connectivity index (χ2v) is 5.56. The Morgan fingerprint density at radius 1 is 1.40 bits per heavy atom. The Hall–Kier alpha value is -1.00. The fraction of sp³-hybridized carbons (Fsp3) is 0.625. The predicted octanol–water partition coefficient (Wildman–Crippen LogP) is 3.96. The van der Waals surface area contributed by atoms with E-state index in [4.69, 9.17) is 4.74 Å². The molecule has 1 heterocycles. The molecular weight excluding hydrogens is 260 g/mol. The van der Waals surface area contributed by atoms with Crippen LogP contribution in [0.25, 0.3) is 0 Å². The number of hydrogen-bond donors (Lipinski definition) is 1. The van der Waals surface area contributed by atoms with Crippen LogP contribution in [0.2, 0.25) is 0 Å². The maximum Gasteiger partial charge on any atom is 0.128 e. The van der Waals surface area contributed by atoms with Crippen LogP contribution in [0.5, 0.6) is 0 Å². The molecular formula is C16H23F2NO. The van der Waals surface area contributed by atoms with Crippen molar-refractivity contribution in [2.75, 3.05) is 6.61 Å². The van der Waals surface area contributed by atoms with Crippen LogP contribution in [0.4, 0.5) is 8.78 Å². The summed E-state index contributed by atoms with van der Waals surface area (Å²) >= 11 is 0. The van der Waals surface area contributed by atoms with Crippen LogP contribution in [-0.4, -0.2) is 18.8 Å². The van der Waals surface area contributed by atoms with Gasteiger partial charge >= 0.3 is 0 Å². The number of rotatable bonds is 5. The maximum atomic E-state index is 13.7. The minimum absolute atomic E-state index is 0.198. The highest BCUT2D eigenvalue weighted by Gasteiger charge is 2.24. The Morgan fingerprint density at radius 2 is 2.20 bits per heavy atom. The monoisotopic (exact) mass is 283 g/mol. The highest BCUT2D eigenvalue weighted by Crippen LogP contribution is 2.23. The third kappa shape index (κ3) is 4.00. The van der Waals surface area contributed by atoms with E-state index >= 15 is 0 Å². The highest BCUT2D eigenvalue weighted by molar-refractivity contribution is 5.22. The Kier molecular flexibility index (Phi) is 5.49. The summed E-state index contributed by atoms with van der Waals surface area (Å²) < 4.78 is 32.7. The molecule has 1 saturated heterocycles. The number of ether oxygens (including phenoxy) is 1. The van der Waals surface area contributed by atoms with Gasteiger partial charge in [-0.05, 0) is 44.4 Å². The SMILES string of the molecule is CCCC1CC(NC(C)c2cc(F)ccc2F)CCO1. The molecule has 1 fully saturated rings. The first-order valence-corrected chi connectivity index (χ1v) is 7.42. The van der Waals surface area contributed by atoms with Crippen molar-refractivity contribution < 1.29 is 13.5 Å². The van der Waals surface area contributed by atoms with Crippen LogP contribution in [-0.2, 0) is 4.74 Å². The van der Waals surface area contributed by atoms with E-state index in [-0.39, 0.29) is 18.0 Å². The molecule has 2 nitrogen and oxygen atoms in total. The zero-order valence-electron chi connectivity index (χ0n) is 12.2. The van der Waals surface area contributed by atoms with Crippen molar-refractivity contribution in [3.05, 3.63) is 35.4 Å². The summed E-state index contributed by atoms with van der Waals surface area (Å²) in [5.41, 5.74) is 0.392. The molecule has 1 aromatic carbocycles. The van der Waals surface area contributed by atoms with Gasteiger partial charge in [0.05, 0.1) is 6.10 Å². The van der Waals surface area contributed by atoms with Crippen LogP contribution in [0.3, 0.4) is 0 Å². The molecule has 0 spiro atoms. The Balaban J connectivity index is 1.96. The summed E-state index contributed by atoms with van der Waals surface area (Å²) in [6, 6.07) is 3.72. The number of nitrogens with one attached hydrogen (secondary N) is 1. The smallest absolute Gasteiger partial charge is 0.128 e. The molecule has 1 aliphatic rings. The Morgan fingerprint density at radius 3 is 2.95 bits per heavy atom. The molecule has 112 valence electrons. The fourth-order valence-corrected chi connectivity index (χ4v) is 2.84. The topological polar surface area (TPSA) is 21.3 Å². The van der Waals surface area contributed by atoms with Crippen LogP contribution >= 0.6 is 0 Å². The van der Waals surface area contributed by atoms with E-state index in [2.05, 4.69) is 12.2 Å². The first-order chi connectivity index (χ1) is 9.60. The first-order valence-electron chi connectivity index (χ1n) is 7.42. The molecule has 0 aromatic heterocycles. The van der Waals surface area contributed by atoms with Crippen LogP contribution in [0, 0.1) is 11.6 Å². The van der Waals surface area contributed by atoms with Gasteiger partial charge in [0.15, 0.2) is 0 Å². The van der Waals surface area contributed by atoms with Gasteiger partial charge in [-0.1, -0.05) is 13.3 Å². The standard InChI is InChI=1S/C16H23F2NO/c1-3-4-14-10-13(7-8-20-14)19-11(2)15-9-12(17)5-6-16(15)18/h5-6,9,11,13-14,19H,3-4,7-8,10H2,1-2H3. The fourth-order valence-electron chi connectivity index (χ4n) is 2.84. The van der Waals surface area contributed by atoms with E-state index in [0.717, 1.165) is 38.4 Å². The normalized spacial score (nSPS) is 24.6. The molecule has 1 aromatic rings. The molecule has 0 radical (unpaired) electrons. The van der Waals surface area contributed by atoms with E-state index in [9.17, 15) is 8.78 Å². The molecule has 2 rings (SSSR count). The van der Waals surface area contributed by atoms with Crippen LogP contribution in [0.15, 0.2) is 18.2 Å². The van der Waals surface area contributed by atoms with E-state index in [0.29, 0.717) is 11.6 Å². The van der Waals surface area contributed by atoms with Gasteiger partial charge in [-0.25, -0.2) is 8.78 Å². The zero-order chi connectivity index (χ0) is 14.5. The van der Waals surface area contributed by atoms with Crippen molar-refractivity contribution >= 4 is 0 Å². The summed E-state index contributed by atoms with van der Waals surface area (Å²) in [5.74, 6) is -0.755. The van der Waals surface area contributed by atoms with Gasteiger partial charge in [0.25, 0.3) is 0 Å². The van der Waals surface area contributed by atoms with Crippen molar-refractivity contribution in [2.45, 2.75) is 57.7 Å². The number of halogens is 2. The van der Waals surface area contributed by atoms with Gasteiger partial charge in [-0.15, -0.1) is 0 Å². The van der Waals surface area contributed by atoms with E-state index in [1.165, 1.54) is 12.1 Å².